The highest BCUT2D eigenvalue weighted by molar-refractivity contribution is 7.38. The summed E-state index contributed by atoms with van der Waals surface area (Å²) >= 11 is 0. The maximum absolute atomic E-state index is 12.1. The minimum Gasteiger partial charge on any atom is -0.432 e. The van der Waals surface area contributed by atoms with Gasteiger partial charge in [0.05, 0.1) is 0 Å². The van der Waals surface area contributed by atoms with Crippen LogP contribution < -0.4 is 5.19 Å². The molecule has 0 aliphatic carbocycles. The van der Waals surface area contributed by atoms with Crippen LogP contribution in [0.2, 0.25) is 121 Å². The van der Waals surface area contributed by atoms with Crippen LogP contribution in [0.1, 0.15) is 234 Å². The first kappa shape index (κ1) is 114. The van der Waals surface area contributed by atoms with E-state index < -0.39 is 126 Å². The van der Waals surface area contributed by atoms with Gasteiger partial charge in [-0.15, -0.1) is 0 Å². The van der Waals surface area contributed by atoms with Gasteiger partial charge in [0.15, 0.2) is 7.83 Å². The molecule has 0 radical (unpaired) electrons. The maximum Gasteiger partial charge on any atom is 0.667 e. The summed E-state index contributed by atoms with van der Waals surface area (Å²) in [5, 5.41) is 0.592. The van der Waals surface area contributed by atoms with Gasteiger partial charge in [-0.25, -0.2) is 0 Å². The van der Waals surface area contributed by atoms with Crippen molar-refractivity contribution in [3.63, 3.8) is 0 Å². The second-order valence-corrected chi connectivity index (χ2v) is 97.5. The molecular weight excluding hydrogens is 1670 g/mol. The Morgan fingerprint density at radius 3 is 0.838 bits per heavy atom. The first-order chi connectivity index (χ1) is 51.7. The van der Waals surface area contributed by atoms with E-state index in [1.165, 1.54) is 165 Å². The van der Waals surface area contributed by atoms with Crippen molar-refractivity contribution in [2.24, 2.45) is 0 Å². The van der Waals surface area contributed by atoms with Crippen molar-refractivity contribution in [3.8, 4) is 0 Å². The fourth-order valence-electron chi connectivity index (χ4n) is 13.4. The lowest BCUT2D eigenvalue weighted by molar-refractivity contribution is 0.0570. The first-order valence-corrected chi connectivity index (χ1v) is 80.0. The molecule has 0 aliphatic heterocycles. The van der Waals surface area contributed by atoms with Crippen molar-refractivity contribution < 1.29 is 106 Å². The summed E-state index contributed by atoms with van der Waals surface area (Å²) in [7, 11) is -33.9. The maximum atomic E-state index is 12.1. The molecule has 0 spiro atoms. The molecule has 39 heteroatoms. The Kier molecular flexibility index (Phi) is 58.5. The van der Waals surface area contributed by atoms with Gasteiger partial charge in [0.2, 0.25) is 39.2 Å². The van der Waals surface area contributed by atoms with Crippen LogP contribution in [-0.4, -0.2) is 219 Å². The van der Waals surface area contributed by atoms with Gasteiger partial charge in [0, 0.05) is 75.7 Å². The standard InChI is InChI=1S/C27H58O8Si5.C23H56O8Si5.C22H56O8Si5/c1-10-12-14-16-17-22-26-38(9,37(8,28)25-21-15-13-11-2)35-40(31-4,32-5)34-36(6,7)33-39(29,30-3)27-23-19-18-20-24-27;1-11-14-16-18-19-21-23-34(10,33(9,24)22-20-17-15-12-2)31-36(27-5,28-6)30-32(7,8)29-35(25,13-3)26-4;1-11-13-15-17-18-20-22-33(9,32(8,23)21-19-16-14-12-2)30-34(10,25-3)28-31(6,7)29-35(24,26-4)27-5/h18-20,23-24,28-29H,10-17,21-22,25-26H2,1-9H3;13,24-25H,3,11-12,14-23H2,1-2,4-10H3;23-24H,11-22H2,1-10H3. The van der Waals surface area contributed by atoms with Crippen LogP contribution >= 0.6 is 0 Å². The molecule has 1 aromatic carbocycles. The average molecular weight is 1840 g/mol. The lowest BCUT2D eigenvalue weighted by atomic mass is 10.1. The molecule has 0 amide bonds. The zero-order valence-corrected chi connectivity index (χ0v) is 90.7. The van der Waals surface area contributed by atoms with Crippen LogP contribution in [0.5, 0.6) is 0 Å². The van der Waals surface area contributed by atoms with Gasteiger partial charge in [0.25, 0.3) is 0 Å². The van der Waals surface area contributed by atoms with E-state index in [9.17, 15) is 28.8 Å². The van der Waals surface area contributed by atoms with Crippen molar-refractivity contribution in [3.05, 3.63) is 42.6 Å². The second kappa shape index (κ2) is 56.8. The summed E-state index contributed by atoms with van der Waals surface area (Å²) in [6.07, 6.45) is 34.7. The summed E-state index contributed by atoms with van der Waals surface area (Å²) in [6, 6.07) is 14.1. The van der Waals surface area contributed by atoms with Gasteiger partial charge < -0.3 is 106 Å². The molecule has 0 saturated carbocycles. The summed E-state index contributed by atoms with van der Waals surface area (Å²) in [6.45, 7) is 42.3. The van der Waals surface area contributed by atoms with Gasteiger partial charge in [0.1, 0.15) is 0 Å². The predicted octanol–water partition coefficient (Wildman–Crippen LogP) is 17.9. The Balaban J connectivity index is 0. The Morgan fingerprint density at radius 2 is 0.559 bits per heavy atom. The van der Waals surface area contributed by atoms with E-state index >= 15 is 0 Å². The van der Waals surface area contributed by atoms with E-state index in [0.717, 1.165) is 126 Å². The molecule has 0 aliphatic rings. The molecule has 9 atom stereocenters. The van der Waals surface area contributed by atoms with Crippen LogP contribution in [0.3, 0.4) is 0 Å². The molecule has 111 heavy (non-hydrogen) atoms. The normalized spacial score (nSPS) is 17.7. The van der Waals surface area contributed by atoms with Gasteiger partial charge >= 0.3 is 79.2 Å². The van der Waals surface area contributed by atoms with Crippen LogP contribution in [0.15, 0.2) is 42.6 Å². The molecule has 662 valence electrons. The molecule has 0 heterocycles. The highest BCUT2D eigenvalue weighted by Gasteiger charge is 2.64. The van der Waals surface area contributed by atoms with Crippen molar-refractivity contribution in [2.45, 2.75) is 356 Å². The molecule has 1 aromatic rings. The molecule has 6 N–H and O–H groups in total. The number of unbranched alkanes of at least 4 members (excludes halogenated alkanes) is 24. The van der Waals surface area contributed by atoms with E-state index in [2.05, 4.69) is 80.9 Å². The minimum atomic E-state index is -3.78. The smallest absolute Gasteiger partial charge is 0.432 e. The van der Waals surface area contributed by atoms with Gasteiger partial charge in [-0.1, -0.05) is 271 Å². The number of hydrogen-bond acceptors (Lipinski definition) is 24. The quantitative estimate of drug-likeness (QED) is 0.0261. The zero-order chi connectivity index (χ0) is 85.5. The monoisotopic (exact) mass is 1840 g/mol. The molecule has 0 fully saturated rings. The lowest BCUT2D eigenvalue weighted by Crippen LogP contribution is -2.70. The fourth-order valence-corrected chi connectivity index (χ4v) is 83.0. The van der Waals surface area contributed by atoms with Crippen LogP contribution in [0, 0.1) is 0 Å². The number of rotatable bonds is 68. The van der Waals surface area contributed by atoms with E-state index in [-0.39, 0.29) is 0 Å². The first-order valence-electron chi connectivity index (χ1n) is 42.0. The minimum absolute atomic E-state index is 0.592. The van der Waals surface area contributed by atoms with E-state index in [1.807, 2.05) is 57.5 Å². The van der Waals surface area contributed by atoms with Crippen LogP contribution in [0.4, 0.5) is 0 Å². The molecule has 1 rings (SSSR count). The third-order valence-corrected chi connectivity index (χ3v) is 97.8. The van der Waals surface area contributed by atoms with E-state index in [1.54, 1.807) is 32.3 Å². The van der Waals surface area contributed by atoms with Gasteiger partial charge in [-0.05, 0) is 121 Å². The van der Waals surface area contributed by atoms with Gasteiger partial charge in [-0.2, -0.15) is 0 Å². The highest BCUT2D eigenvalue weighted by Crippen LogP contribution is 2.39. The molecule has 0 bridgehead atoms. The molecule has 9 unspecified atom stereocenters. The molecule has 0 saturated heterocycles. The zero-order valence-electron chi connectivity index (χ0n) is 75.7. The van der Waals surface area contributed by atoms with Crippen molar-refractivity contribution in [1.29, 1.82) is 0 Å². The molecular formula is C72H170O24Si15. The summed E-state index contributed by atoms with van der Waals surface area (Å²) in [5.74, 6) is 0. The second-order valence-electron chi connectivity index (χ2n) is 32.6. The van der Waals surface area contributed by atoms with E-state index in [0.29, 0.717) is 5.19 Å². The Labute approximate surface area is 694 Å². The van der Waals surface area contributed by atoms with Crippen molar-refractivity contribution in [1.82, 2.24) is 0 Å². The fraction of sp³-hybridized carbons (Fsp3) is 0.889. The summed E-state index contributed by atoms with van der Waals surface area (Å²) in [4.78, 5) is 68.4. The average Bonchev–Trinajstić information content (AvgIpc) is 0.783. The molecule has 0 aromatic heterocycles. The third-order valence-electron chi connectivity index (χ3n) is 21.3. The highest BCUT2D eigenvalue weighted by atomic mass is 29.3. The number of benzene rings is 1. The Hall–Kier alpha value is 1.25. The van der Waals surface area contributed by atoms with Gasteiger partial charge in [-0.3, -0.25) is 0 Å². The predicted molar refractivity (Wildman–Crippen MR) is 486 cm³/mol. The Bertz CT molecular complexity index is 2510. The summed E-state index contributed by atoms with van der Waals surface area (Å²) < 4.78 is 109. The summed E-state index contributed by atoms with van der Waals surface area (Å²) in [5.41, 5.74) is 1.31. The third kappa shape index (κ3) is 43.7. The van der Waals surface area contributed by atoms with Crippen molar-refractivity contribution in [2.75, 3.05) is 64.0 Å². The topological polar surface area (TPSA) is 288 Å². The SMILES string of the molecule is C=C[Si](O)(OC)O[Si](C)(C)O[Si](OC)(OC)O[Si](C)(CCCCCCCC)[Si](C)(O)CCCCCC.CCCCCCCC[Si](C)(O[Si](C)(OC)O[Si](C)(C)O[Si](O)(OC)OC)[Si](C)(O)CCCCCC.CCCCCCCC[Si](C)(O[Si](OC)(OC)O[Si](C)(C)O[Si](O)(OC)c1ccccc1)[Si](C)(O)CCCCCC. The Morgan fingerprint density at radius 1 is 0.279 bits per heavy atom. The largest absolute Gasteiger partial charge is 0.667 e. The van der Waals surface area contributed by atoms with Crippen LogP contribution in [0.25, 0.3) is 0 Å². The van der Waals surface area contributed by atoms with E-state index in [4.69, 9.17) is 76.9 Å². The lowest BCUT2D eigenvalue weighted by Gasteiger charge is -2.45. The van der Waals surface area contributed by atoms with Crippen LogP contribution in [-0.2, 0) is 76.9 Å². The number of hydrogen-bond donors (Lipinski definition) is 6. The molecule has 24 nitrogen and oxygen atoms in total. The van der Waals surface area contributed by atoms with Crippen molar-refractivity contribution >= 4 is 131 Å².